The number of nitrogens with one attached hydrogen (secondary N) is 1. The molecule has 0 radical (unpaired) electrons. The van der Waals surface area contributed by atoms with Gasteiger partial charge < -0.3 is 10.4 Å². The first-order valence-corrected chi connectivity index (χ1v) is 5.12. The van der Waals surface area contributed by atoms with Crippen molar-refractivity contribution in [1.29, 1.82) is 0 Å². The highest BCUT2D eigenvalue weighted by Gasteiger charge is 1.97. The number of unbranched alkanes of at least 4 members (excludes halogenated alkanes) is 3. The molecule has 74 valence electrons. The van der Waals surface area contributed by atoms with Crippen LogP contribution < -0.4 is 5.32 Å². The molecule has 0 bridgehead atoms. The van der Waals surface area contributed by atoms with E-state index in [1.807, 2.05) is 0 Å². The summed E-state index contributed by atoms with van der Waals surface area (Å²) in [6, 6.07) is 0. The minimum absolute atomic E-state index is 0.294. The monoisotopic (exact) mass is 173 g/mol. The van der Waals surface area contributed by atoms with E-state index in [1.54, 1.807) is 0 Å². The van der Waals surface area contributed by atoms with E-state index in [4.69, 9.17) is 5.11 Å². The van der Waals surface area contributed by atoms with Crippen molar-refractivity contribution < 1.29 is 5.11 Å². The van der Waals surface area contributed by atoms with Crippen LogP contribution in [0, 0.1) is 5.92 Å². The summed E-state index contributed by atoms with van der Waals surface area (Å²) >= 11 is 0. The van der Waals surface area contributed by atoms with E-state index >= 15 is 0 Å². The number of hydrogen-bond donors (Lipinski definition) is 2. The third-order valence-electron chi connectivity index (χ3n) is 2.01. The van der Waals surface area contributed by atoms with E-state index in [2.05, 4.69) is 19.2 Å². The van der Waals surface area contributed by atoms with Gasteiger partial charge in [-0.15, -0.1) is 0 Å². The minimum atomic E-state index is 0.294. The molecule has 0 heterocycles. The Labute approximate surface area is 76.4 Å². The molecular formula is C10H23NO. The number of hydrogen-bond acceptors (Lipinski definition) is 2. The third-order valence-corrected chi connectivity index (χ3v) is 2.01. The molecule has 2 nitrogen and oxygen atoms in total. The van der Waals surface area contributed by atoms with Gasteiger partial charge in [0, 0.05) is 6.61 Å². The molecule has 0 aromatic heterocycles. The lowest BCUT2D eigenvalue weighted by molar-refractivity contribution is 0.234. The fourth-order valence-electron chi connectivity index (χ4n) is 1.09. The summed E-state index contributed by atoms with van der Waals surface area (Å²) in [4.78, 5) is 0. The van der Waals surface area contributed by atoms with Crippen molar-refractivity contribution in [2.24, 2.45) is 5.92 Å². The van der Waals surface area contributed by atoms with Gasteiger partial charge in [0.25, 0.3) is 0 Å². The highest BCUT2D eigenvalue weighted by Crippen LogP contribution is 1.97. The molecule has 2 N–H and O–H groups in total. The van der Waals surface area contributed by atoms with Crippen molar-refractivity contribution in [2.45, 2.75) is 39.5 Å². The zero-order chi connectivity index (χ0) is 9.23. The highest BCUT2D eigenvalue weighted by atomic mass is 16.3. The molecular weight excluding hydrogens is 150 g/mol. The summed E-state index contributed by atoms with van der Waals surface area (Å²) in [5.74, 6) is 0.399. The van der Waals surface area contributed by atoms with Gasteiger partial charge in [-0.1, -0.05) is 33.1 Å². The van der Waals surface area contributed by atoms with Crippen LogP contribution >= 0.6 is 0 Å². The van der Waals surface area contributed by atoms with E-state index in [1.165, 1.54) is 25.7 Å². The first kappa shape index (κ1) is 11.9. The summed E-state index contributed by atoms with van der Waals surface area (Å²) < 4.78 is 0. The van der Waals surface area contributed by atoms with Crippen LogP contribution in [0.2, 0.25) is 0 Å². The number of aliphatic hydroxyl groups is 1. The highest BCUT2D eigenvalue weighted by molar-refractivity contribution is 4.54. The summed E-state index contributed by atoms with van der Waals surface area (Å²) in [6.45, 7) is 6.62. The van der Waals surface area contributed by atoms with Crippen molar-refractivity contribution in [2.75, 3.05) is 19.7 Å². The zero-order valence-corrected chi connectivity index (χ0v) is 8.47. The average Bonchev–Trinajstić information content (AvgIpc) is 2.10. The van der Waals surface area contributed by atoms with Crippen LogP contribution in [0.4, 0.5) is 0 Å². The Morgan fingerprint density at radius 3 is 2.58 bits per heavy atom. The van der Waals surface area contributed by atoms with Crippen LogP contribution in [0.5, 0.6) is 0 Å². The number of rotatable bonds is 8. The minimum Gasteiger partial charge on any atom is -0.396 e. The molecule has 1 unspecified atom stereocenters. The van der Waals surface area contributed by atoms with Crippen LogP contribution in [-0.2, 0) is 0 Å². The normalized spacial score (nSPS) is 13.2. The Morgan fingerprint density at radius 1 is 1.25 bits per heavy atom. The van der Waals surface area contributed by atoms with Gasteiger partial charge in [-0.25, -0.2) is 0 Å². The second-order valence-electron chi connectivity index (χ2n) is 3.55. The van der Waals surface area contributed by atoms with Gasteiger partial charge in [0.2, 0.25) is 0 Å². The van der Waals surface area contributed by atoms with E-state index < -0.39 is 0 Å². The molecule has 0 aliphatic rings. The van der Waals surface area contributed by atoms with Crippen LogP contribution in [0.25, 0.3) is 0 Å². The van der Waals surface area contributed by atoms with Crippen LogP contribution in [0.1, 0.15) is 39.5 Å². The largest absolute Gasteiger partial charge is 0.396 e. The van der Waals surface area contributed by atoms with E-state index in [0.717, 1.165) is 13.1 Å². The SMILES string of the molecule is CCCCCCNCC(C)CO. The Balaban J connectivity index is 2.90. The summed E-state index contributed by atoms with van der Waals surface area (Å²) in [5, 5.41) is 12.1. The maximum atomic E-state index is 8.74. The second-order valence-corrected chi connectivity index (χ2v) is 3.55. The zero-order valence-electron chi connectivity index (χ0n) is 8.47. The van der Waals surface area contributed by atoms with Gasteiger partial charge in [0.15, 0.2) is 0 Å². The standard InChI is InChI=1S/C10H23NO/c1-3-4-5-6-7-11-8-10(2)9-12/h10-12H,3-9H2,1-2H3. The molecule has 0 saturated heterocycles. The van der Waals surface area contributed by atoms with Gasteiger partial charge in [0.1, 0.15) is 0 Å². The predicted molar refractivity (Wildman–Crippen MR) is 53.3 cm³/mol. The molecule has 0 fully saturated rings. The molecule has 0 aromatic rings. The lowest BCUT2D eigenvalue weighted by Gasteiger charge is -2.08. The Morgan fingerprint density at radius 2 is 2.00 bits per heavy atom. The maximum absolute atomic E-state index is 8.74. The van der Waals surface area contributed by atoms with E-state index in [0.29, 0.717) is 12.5 Å². The van der Waals surface area contributed by atoms with Gasteiger partial charge in [0.05, 0.1) is 0 Å². The van der Waals surface area contributed by atoms with Gasteiger partial charge in [-0.3, -0.25) is 0 Å². The third kappa shape index (κ3) is 8.02. The quantitative estimate of drug-likeness (QED) is 0.548. The lowest BCUT2D eigenvalue weighted by atomic mass is 10.2. The molecule has 0 aliphatic carbocycles. The van der Waals surface area contributed by atoms with Crippen molar-refractivity contribution >= 4 is 0 Å². The molecule has 0 aromatic carbocycles. The average molecular weight is 173 g/mol. The smallest absolute Gasteiger partial charge is 0.0468 e. The van der Waals surface area contributed by atoms with Crippen LogP contribution in [0.3, 0.4) is 0 Å². The maximum Gasteiger partial charge on any atom is 0.0468 e. The van der Waals surface area contributed by atoms with E-state index in [9.17, 15) is 0 Å². The number of aliphatic hydroxyl groups excluding tert-OH is 1. The Bertz CT molecular complexity index is 85.9. The lowest BCUT2D eigenvalue weighted by Crippen LogP contribution is -2.24. The topological polar surface area (TPSA) is 32.3 Å². The van der Waals surface area contributed by atoms with Gasteiger partial charge >= 0.3 is 0 Å². The summed E-state index contributed by atoms with van der Waals surface area (Å²) in [7, 11) is 0. The first-order chi connectivity index (χ1) is 5.81. The van der Waals surface area contributed by atoms with Crippen molar-refractivity contribution in [3.05, 3.63) is 0 Å². The molecule has 2 heteroatoms. The fourth-order valence-corrected chi connectivity index (χ4v) is 1.09. The molecule has 0 amide bonds. The second kappa shape index (κ2) is 9.01. The molecule has 0 saturated carbocycles. The van der Waals surface area contributed by atoms with Crippen LogP contribution in [0.15, 0.2) is 0 Å². The fraction of sp³-hybridized carbons (Fsp3) is 1.00. The molecule has 0 aliphatic heterocycles. The molecule has 0 rings (SSSR count). The Kier molecular flexibility index (Phi) is 8.95. The Hall–Kier alpha value is -0.0800. The van der Waals surface area contributed by atoms with Crippen molar-refractivity contribution in [1.82, 2.24) is 5.32 Å². The van der Waals surface area contributed by atoms with E-state index in [-0.39, 0.29) is 0 Å². The van der Waals surface area contributed by atoms with Crippen LogP contribution in [-0.4, -0.2) is 24.8 Å². The van der Waals surface area contributed by atoms with Gasteiger partial charge in [-0.2, -0.15) is 0 Å². The van der Waals surface area contributed by atoms with Gasteiger partial charge in [-0.05, 0) is 25.4 Å². The summed E-state index contributed by atoms with van der Waals surface area (Å²) in [5.41, 5.74) is 0. The predicted octanol–water partition coefficient (Wildman–Crippen LogP) is 1.78. The van der Waals surface area contributed by atoms with Crippen molar-refractivity contribution in [3.8, 4) is 0 Å². The molecule has 0 spiro atoms. The molecule has 12 heavy (non-hydrogen) atoms. The summed E-state index contributed by atoms with van der Waals surface area (Å²) in [6.07, 6.45) is 5.24. The molecule has 1 atom stereocenters. The first-order valence-electron chi connectivity index (χ1n) is 5.12. The van der Waals surface area contributed by atoms with Crippen molar-refractivity contribution in [3.63, 3.8) is 0 Å².